The maximum atomic E-state index is 13.0. The number of nitrogens with one attached hydrogen (secondary N) is 1. The van der Waals surface area contributed by atoms with E-state index in [0.29, 0.717) is 5.02 Å². The first kappa shape index (κ1) is 14.2. The van der Waals surface area contributed by atoms with E-state index < -0.39 is 24.4 Å². The zero-order chi connectivity index (χ0) is 14.0. The summed E-state index contributed by atoms with van der Waals surface area (Å²) in [6.45, 7) is 2.08. The third-order valence-corrected chi connectivity index (χ3v) is 3.29. The van der Waals surface area contributed by atoms with Crippen LogP contribution in [0.25, 0.3) is 0 Å². The molecule has 6 heteroatoms. The minimum atomic E-state index is -3.36. The molecule has 1 saturated heterocycles. The average Bonchev–Trinajstić information content (AvgIpc) is 2.60. The van der Waals surface area contributed by atoms with Crippen molar-refractivity contribution >= 4 is 17.6 Å². The number of hydrogen-bond acceptors (Lipinski definition) is 3. The summed E-state index contributed by atoms with van der Waals surface area (Å²) in [5, 5.41) is 3.67. The Bertz CT molecular complexity index is 481. The van der Waals surface area contributed by atoms with E-state index in [9.17, 15) is 13.6 Å². The molecule has 1 aliphatic heterocycles. The third kappa shape index (κ3) is 3.42. The highest BCUT2D eigenvalue weighted by molar-refractivity contribution is 6.30. The molecule has 0 spiro atoms. The van der Waals surface area contributed by atoms with Crippen molar-refractivity contribution < 1.29 is 18.3 Å². The molecule has 0 bridgehead atoms. The second kappa shape index (κ2) is 5.43. The Hall–Kier alpha value is -1.20. The smallest absolute Gasteiger partial charge is 0.377 e. The van der Waals surface area contributed by atoms with E-state index >= 15 is 0 Å². The van der Waals surface area contributed by atoms with Crippen LogP contribution in [-0.4, -0.2) is 24.5 Å². The number of esters is 1. The van der Waals surface area contributed by atoms with E-state index in [2.05, 4.69) is 10.1 Å². The lowest BCUT2D eigenvalue weighted by molar-refractivity contribution is -0.159. The van der Waals surface area contributed by atoms with Crippen molar-refractivity contribution in [3.63, 3.8) is 0 Å². The molecule has 2 atom stereocenters. The summed E-state index contributed by atoms with van der Waals surface area (Å²) >= 11 is 5.88. The van der Waals surface area contributed by atoms with Crippen LogP contribution in [-0.2, 0) is 9.53 Å². The van der Waals surface area contributed by atoms with E-state index in [1.807, 2.05) is 19.1 Å². The van der Waals surface area contributed by atoms with Crippen LogP contribution in [0, 0.1) is 0 Å². The lowest BCUT2D eigenvalue weighted by Gasteiger charge is -2.17. The van der Waals surface area contributed by atoms with Crippen LogP contribution in [0.3, 0.4) is 0 Å². The number of cyclic esters (lactones) is 1. The monoisotopic (exact) mass is 289 g/mol. The van der Waals surface area contributed by atoms with E-state index in [0.717, 1.165) is 5.56 Å². The molecule has 0 aliphatic carbocycles. The second-order valence-corrected chi connectivity index (χ2v) is 5.06. The van der Waals surface area contributed by atoms with Gasteiger partial charge in [-0.25, -0.2) is 4.79 Å². The van der Waals surface area contributed by atoms with Gasteiger partial charge in [-0.1, -0.05) is 23.7 Å². The van der Waals surface area contributed by atoms with Crippen molar-refractivity contribution in [2.75, 3.05) is 6.54 Å². The second-order valence-electron chi connectivity index (χ2n) is 4.62. The summed E-state index contributed by atoms with van der Waals surface area (Å²) in [7, 11) is 0. The zero-order valence-electron chi connectivity index (χ0n) is 10.3. The largest absolute Gasteiger partial charge is 0.456 e. The minimum absolute atomic E-state index is 0.0633. The summed E-state index contributed by atoms with van der Waals surface area (Å²) in [5.74, 6) is -4.79. The van der Waals surface area contributed by atoms with Crippen molar-refractivity contribution in [3.05, 3.63) is 34.9 Å². The number of halogens is 3. The van der Waals surface area contributed by atoms with Gasteiger partial charge >= 0.3 is 11.9 Å². The Kier molecular flexibility index (Phi) is 4.06. The quantitative estimate of drug-likeness (QED) is 0.866. The van der Waals surface area contributed by atoms with Gasteiger partial charge in [0.05, 0.1) is 6.42 Å². The third-order valence-electron chi connectivity index (χ3n) is 3.06. The van der Waals surface area contributed by atoms with Gasteiger partial charge in [-0.05, 0) is 24.6 Å². The van der Waals surface area contributed by atoms with Crippen LogP contribution in [0.5, 0.6) is 0 Å². The molecule has 0 aromatic heterocycles. The lowest BCUT2D eigenvalue weighted by Crippen LogP contribution is -2.29. The molecule has 104 valence electrons. The predicted octanol–water partition coefficient (Wildman–Crippen LogP) is 2.94. The summed E-state index contributed by atoms with van der Waals surface area (Å²) in [4.78, 5) is 10.8. The fourth-order valence-electron chi connectivity index (χ4n) is 1.96. The zero-order valence-corrected chi connectivity index (χ0v) is 11.1. The fourth-order valence-corrected chi connectivity index (χ4v) is 2.16. The molecule has 0 radical (unpaired) electrons. The average molecular weight is 290 g/mol. The van der Waals surface area contributed by atoms with Crippen molar-refractivity contribution in [3.8, 4) is 0 Å². The van der Waals surface area contributed by atoms with Gasteiger partial charge in [0.2, 0.25) is 0 Å². The van der Waals surface area contributed by atoms with Crippen LogP contribution in [0.4, 0.5) is 8.78 Å². The molecule has 2 rings (SSSR count). The SMILES string of the molecule is C[C@H](NCC1CC(F)(F)C(=O)O1)c1cccc(Cl)c1. The molecule has 0 saturated carbocycles. The molecule has 1 aromatic rings. The number of ether oxygens (including phenoxy) is 1. The number of rotatable bonds is 4. The molecule has 0 amide bonds. The van der Waals surface area contributed by atoms with Gasteiger partial charge in [-0.15, -0.1) is 0 Å². The fraction of sp³-hybridized carbons (Fsp3) is 0.462. The summed E-state index contributed by atoms with van der Waals surface area (Å²) in [6.07, 6.45) is -1.36. The minimum Gasteiger partial charge on any atom is -0.456 e. The number of benzene rings is 1. The van der Waals surface area contributed by atoms with Gasteiger partial charge in [0.15, 0.2) is 0 Å². The molecule has 1 aromatic carbocycles. The molecule has 1 unspecified atom stereocenters. The highest BCUT2D eigenvalue weighted by Gasteiger charge is 2.50. The van der Waals surface area contributed by atoms with Gasteiger partial charge < -0.3 is 10.1 Å². The maximum Gasteiger partial charge on any atom is 0.377 e. The topological polar surface area (TPSA) is 38.3 Å². The number of hydrogen-bond donors (Lipinski definition) is 1. The summed E-state index contributed by atoms with van der Waals surface area (Å²) in [5.41, 5.74) is 0.948. The molecule has 1 fully saturated rings. The molecule has 3 nitrogen and oxygen atoms in total. The van der Waals surface area contributed by atoms with Crippen LogP contribution < -0.4 is 5.32 Å². The Morgan fingerprint density at radius 1 is 1.58 bits per heavy atom. The molecule has 1 heterocycles. The number of alkyl halides is 2. The predicted molar refractivity (Wildman–Crippen MR) is 67.3 cm³/mol. The number of carbonyl (C=O) groups is 1. The van der Waals surface area contributed by atoms with Gasteiger partial charge in [-0.2, -0.15) is 8.78 Å². The number of carbonyl (C=O) groups excluding carboxylic acids is 1. The Morgan fingerprint density at radius 3 is 2.89 bits per heavy atom. The van der Waals surface area contributed by atoms with Crippen molar-refractivity contribution in [2.45, 2.75) is 31.4 Å². The molecule has 1 N–H and O–H groups in total. The summed E-state index contributed by atoms with van der Waals surface area (Å²) in [6, 6.07) is 7.20. The Morgan fingerprint density at radius 2 is 2.32 bits per heavy atom. The lowest BCUT2D eigenvalue weighted by atomic mass is 10.1. The molecular weight excluding hydrogens is 276 g/mol. The van der Waals surface area contributed by atoms with Gasteiger partial charge in [-0.3, -0.25) is 0 Å². The standard InChI is InChI=1S/C13H14ClF2NO2/c1-8(9-3-2-4-10(14)5-9)17-7-11-6-13(15,16)12(18)19-11/h2-5,8,11,17H,6-7H2,1H3/t8-,11?/m0/s1. The molecule has 1 aliphatic rings. The van der Waals surface area contributed by atoms with Crippen molar-refractivity contribution in [2.24, 2.45) is 0 Å². The molecule has 19 heavy (non-hydrogen) atoms. The van der Waals surface area contributed by atoms with Crippen molar-refractivity contribution in [1.82, 2.24) is 5.32 Å². The Labute approximate surface area is 114 Å². The summed E-state index contributed by atoms with van der Waals surface area (Å²) < 4.78 is 30.5. The highest BCUT2D eigenvalue weighted by Crippen LogP contribution is 2.30. The van der Waals surface area contributed by atoms with Crippen molar-refractivity contribution in [1.29, 1.82) is 0 Å². The normalized spacial score (nSPS) is 23.2. The van der Waals surface area contributed by atoms with Gasteiger partial charge in [0.25, 0.3) is 0 Å². The molecular formula is C13H14ClF2NO2. The van der Waals surface area contributed by atoms with Crippen LogP contribution >= 0.6 is 11.6 Å². The van der Waals surface area contributed by atoms with E-state index in [1.165, 1.54) is 0 Å². The van der Waals surface area contributed by atoms with E-state index in [4.69, 9.17) is 11.6 Å². The first-order valence-electron chi connectivity index (χ1n) is 5.96. The first-order chi connectivity index (χ1) is 8.88. The van der Waals surface area contributed by atoms with Gasteiger partial charge in [0, 0.05) is 17.6 Å². The highest BCUT2D eigenvalue weighted by atomic mass is 35.5. The van der Waals surface area contributed by atoms with Crippen LogP contribution in [0.1, 0.15) is 24.9 Å². The van der Waals surface area contributed by atoms with Gasteiger partial charge in [0.1, 0.15) is 6.10 Å². The van der Waals surface area contributed by atoms with E-state index in [-0.39, 0.29) is 12.6 Å². The first-order valence-corrected chi connectivity index (χ1v) is 6.34. The van der Waals surface area contributed by atoms with Crippen LogP contribution in [0.15, 0.2) is 24.3 Å². The van der Waals surface area contributed by atoms with Crippen LogP contribution in [0.2, 0.25) is 5.02 Å². The van der Waals surface area contributed by atoms with E-state index in [1.54, 1.807) is 12.1 Å². The Balaban J connectivity index is 1.88. The maximum absolute atomic E-state index is 13.0.